The van der Waals surface area contributed by atoms with E-state index >= 15 is 0 Å². The zero-order chi connectivity index (χ0) is 44.2. The number of H-pyrrole nitrogens is 1. The minimum Gasteiger partial charge on any atom is -0.455 e. The first-order valence-corrected chi connectivity index (χ1v) is 24.3. The fourth-order valence-electron chi connectivity index (χ4n) is 10.9. The molecule has 1 atom stereocenters. The van der Waals surface area contributed by atoms with Crippen LogP contribution in [0.5, 0.6) is 11.5 Å². The normalized spacial score (nSPS) is 23.8. The van der Waals surface area contributed by atoms with E-state index in [9.17, 15) is 27.7 Å². The summed E-state index contributed by atoms with van der Waals surface area (Å²) in [7, 11) is -4.64. The molecule has 2 aromatic carbocycles. The van der Waals surface area contributed by atoms with Crippen LogP contribution < -0.4 is 19.7 Å². The SMILES string of the molecule is CC1(F)CCC(CNc2ncc(S(=O)(=O)NC(=O)c3ccc(N4CCC5(CC4)CC(N4CCC[C@@H]4c4ccccc4C4CC4)C5)cc3Oc3cnc4[nH]ccc4c3)cc2[N+](=O)[O-])CC1. The number of benzene rings is 2. The van der Waals surface area contributed by atoms with Crippen LogP contribution in [0.3, 0.4) is 0 Å². The Balaban J connectivity index is 0.833. The third-order valence-electron chi connectivity index (χ3n) is 14.8. The number of rotatable bonds is 13. The number of fused-ring (bicyclic) bond motifs is 1. The van der Waals surface area contributed by atoms with E-state index in [0.29, 0.717) is 61.1 Å². The molecule has 64 heavy (non-hydrogen) atoms. The molecule has 5 aliphatic rings. The number of halogens is 1. The van der Waals surface area contributed by atoms with E-state index in [4.69, 9.17) is 4.74 Å². The molecule has 5 aromatic rings. The van der Waals surface area contributed by atoms with Crippen LogP contribution in [0.2, 0.25) is 0 Å². The maximum atomic E-state index is 14.3. The molecule has 3 aromatic heterocycles. The van der Waals surface area contributed by atoms with Gasteiger partial charge in [-0.2, -0.15) is 0 Å². The van der Waals surface area contributed by atoms with Gasteiger partial charge in [0.25, 0.3) is 15.9 Å². The van der Waals surface area contributed by atoms with Crippen LogP contribution >= 0.6 is 0 Å². The summed E-state index contributed by atoms with van der Waals surface area (Å²) in [5.74, 6) is 0.244. The lowest BCUT2D eigenvalue weighted by Crippen LogP contribution is -2.54. The molecule has 16 heteroatoms. The molecular weight excluding hydrogens is 836 g/mol. The first-order chi connectivity index (χ1) is 30.8. The van der Waals surface area contributed by atoms with Crippen molar-refractivity contribution in [2.75, 3.05) is 36.4 Å². The second kappa shape index (κ2) is 16.7. The molecule has 1 spiro atoms. The predicted octanol–water partition coefficient (Wildman–Crippen LogP) is 9.57. The molecular formula is C48H55FN8O6S. The van der Waals surface area contributed by atoms with E-state index in [1.807, 2.05) is 12.1 Å². The van der Waals surface area contributed by atoms with Gasteiger partial charge in [-0.25, -0.2) is 27.5 Å². The number of hydrogen-bond donors (Lipinski definition) is 3. The van der Waals surface area contributed by atoms with Crippen molar-refractivity contribution in [3.8, 4) is 11.5 Å². The van der Waals surface area contributed by atoms with Gasteiger partial charge in [-0.15, -0.1) is 0 Å². The first-order valence-electron chi connectivity index (χ1n) is 22.8. The van der Waals surface area contributed by atoms with Crippen molar-refractivity contribution in [2.45, 2.75) is 113 Å². The van der Waals surface area contributed by atoms with Crippen molar-refractivity contribution in [1.29, 1.82) is 0 Å². The fourth-order valence-corrected chi connectivity index (χ4v) is 11.8. The van der Waals surface area contributed by atoms with Crippen LogP contribution in [0, 0.1) is 21.4 Å². The molecule has 2 aliphatic heterocycles. The molecule has 3 N–H and O–H groups in total. The zero-order valence-corrected chi connectivity index (χ0v) is 36.9. The molecule has 0 unspecified atom stereocenters. The van der Waals surface area contributed by atoms with Gasteiger partial charge in [-0.05, 0) is 143 Å². The lowest BCUT2D eigenvalue weighted by Gasteiger charge is -2.56. The number of alkyl halides is 1. The summed E-state index contributed by atoms with van der Waals surface area (Å²) in [5, 5.41) is 15.9. The molecule has 3 saturated carbocycles. The van der Waals surface area contributed by atoms with E-state index in [1.165, 1.54) is 44.7 Å². The second-order valence-corrected chi connectivity index (χ2v) is 20.9. The Morgan fingerprint density at radius 1 is 0.953 bits per heavy atom. The summed E-state index contributed by atoms with van der Waals surface area (Å²) in [5.41, 5.74) is 3.12. The topological polar surface area (TPSA) is 176 Å². The molecule has 336 valence electrons. The number of sulfonamides is 1. The Bertz CT molecular complexity index is 2680. The average molecular weight is 891 g/mol. The molecule has 0 radical (unpaired) electrons. The van der Waals surface area contributed by atoms with E-state index < -0.39 is 37.1 Å². The minimum absolute atomic E-state index is 0.0437. The highest BCUT2D eigenvalue weighted by atomic mass is 32.2. The summed E-state index contributed by atoms with van der Waals surface area (Å²) in [4.78, 5) is 41.5. The number of aromatic amines is 1. The van der Waals surface area contributed by atoms with Gasteiger partial charge in [0.1, 0.15) is 27.7 Å². The van der Waals surface area contributed by atoms with Gasteiger partial charge in [-0.3, -0.25) is 19.8 Å². The number of amides is 1. The fraction of sp³-hybridized carbons (Fsp3) is 0.479. The molecule has 3 aliphatic carbocycles. The van der Waals surface area contributed by atoms with Crippen LogP contribution in [0.15, 0.2) is 84.1 Å². The molecule has 2 saturated heterocycles. The van der Waals surface area contributed by atoms with Crippen molar-refractivity contribution in [2.24, 2.45) is 11.3 Å². The molecule has 10 rings (SSSR count). The highest BCUT2D eigenvalue weighted by Crippen LogP contribution is 2.55. The third kappa shape index (κ3) is 8.65. The van der Waals surface area contributed by atoms with Crippen LogP contribution in [-0.4, -0.2) is 77.0 Å². The number of nitro groups is 1. The number of aromatic nitrogens is 3. The lowest BCUT2D eigenvalue weighted by atomic mass is 9.59. The highest BCUT2D eigenvalue weighted by molar-refractivity contribution is 7.90. The number of piperidine rings is 1. The lowest BCUT2D eigenvalue weighted by molar-refractivity contribution is -0.384. The van der Waals surface area contributed by atoms with Crippen LogP contribution in [0.1, 0.15) is 117 Å². The van der Waals surface area contributed by atoms with E-state index in [1.54, 1.807) is 42.4 Å². The summed E-state index contributed by atoms with van der Waals surface area (Å²) >= 11 is 0. The van der Waals surface area contributed by atoms with Gasteiger partial charge in [-0.1, -0.05) is 24.3 Å². The number of pyridine rings is 2. The molecule has 5 heterocycles. The van der Waals surface area contributed by atoms with Gasteiger partial charge in [0.05, 0.1) is 22.9 Å². The maximum absolute atomic E-state index is 14.3. The van der Waals surface area contributed by atoms with Gasteiger partial charge in [0, 0.05) is 61.1 Å². The van der Waals surface area contributed by atoms with Crippen LogP contribution in [-0.2, 0) is 10.0 Å². The molecule has 5 fully saturated rings. The van der Waals surface area contributed by atoms with Gasteiger partial charge < -0.3 is 19.9 Å². The van der Waals surface area contributed by atoms with E-state index in [2.05, 4.69) is 59.1 Å². The number of nitrogens with one attached hydrogen (secondary N) is 3. The summed E-state index contributed by atoms with van der Waals surface area (Å²) in [6, 6.07) is 19.9. The number of nitrogens with zero attached hydrogens (tertiary/aromatic N) is 5. The summed E-state index contributed by atoms with van der Waals surface area (Å²) < 4.78 is 50.1. The Morgan fingerprint density at radius 2 is 1.72 bits per heavy atom. The largest absolute Gasteiger partial charge is 0.455 e. The number of likely N-dealkylation sites (tertiary alicyclic amines) is 1. The van der Waals surface area contributed by atoms with E-state index in [0.717, 1.165) is 61.7 Å². The Kier molecular flexibility index (Phi) is 11.1. The Morgan fingerprint density at radius 3 is 2.47 bits per heavy atom. The maximum Gasteiger partial charge on any atom is 0.312 e. The number of ether oxygens (including phenoxy) is 1. The molecule has 1 amide bonds. The van der Waals surface area contributed by atoms with Crippen molar-refractivity contribution in [3.63, 3.8) is 0 Å². The van der Waals surface area contributed by atoms with Crippen molar-refractivity contribution in [1.82, 2.24) is 24.6 Å². The second-order valence-electron chi connectivity index (χ2n) is 19.2. The van der Waals surface area contributed by atoms with Crippen LogP contribution in [0.25, 0.3) is 11.0 Å². The summed E-state index contributed by atoms with van der Waals surface area (Å²) in [6.45, 7) is 4.75. The quantitative estimate of drug-likeness (QED) is 0.0758. The Hall–Kier alpha value is -5.61. The molecule has 14 nitrogen and oxygen atoms in total. The number of hydrogen-bond acceptors (Lipinski definition) is 11. The Labute approximate surface area is 372 Å². The van der Waals surface area contributed by atoms with Crippen molar-refractivity contribution < 1.29 is 27.3 Å². The third-order valence-corrected chi connectivity index (χ3v) is 16.1. The van der Waals surface area contributed by atoms with Crippen molar-refractivity contribution >= 4 is 44.2 Å². The number of anilines is 2. The van der Waals surface area contributed by atoms with Gasteiger partial charge >= 0.3 is 5.69 Å². The predicted molar refractivity (Wildman–Crippen MR) is 242 cm³/mol. The van der Waals surface area contributed by atoms with Gasteiger partial charge in [0.2, 0.25) is 5.82 Å². The molecule has 0 bridgehead atoms. The van der Waals surface area contributed by atoms with E-state index in [-0.39, 0.29) is 23.0 Å². The summed E-state index contributed by atoms with van der Waals surface area (Å²) in [6.07, 6.45) is 15.9. The van der Waals surface area contributed by atoms with Crippen molar-refractivity contribution in [3.05, 3.63) is 106 Å². The highest BCUT2D eigenvalue weighted by Gasteiger charge is 2.50. The number of carbonyl (C=O) groups is 1. The first kappa shape index (κ1) is 42.3. The average Bonchev–Trinajstić information content (AvgIpc) is 3.82. The smallest absolute Gasteiger partial charge is 0.312 e. The standard InChI is InChI=1S/C48H55FN8O6S/c1-47(49)15-12-31(13-16-47)28-51-45-42(57(59)60)25-37(30-53-45)64(61,62)54-46(58)40-11-10-34(24-43(40)63-36-23-33-14-19-50-44(33)52-29-36)55-21-17-48(18-22-55)26-35(27-48)56-20-4-7-41(56)39-6-3-2-5-38(39)32-8-9-32/h2-3,5-6,10-11,14,19,23-25,29-32,35,41H,4,7-9,12-13,15-18,20-22,26-28H2,1H3,(H,50,52)(H,51,53)(H,54,58)/t31?,41-,47?/m1/s1. The minimum atomic E-state index is -4.64. The number of carbonyl (C=O) groups excluding carboxylic acids is 1. The van der Waals surface area contributed by atoms with Gasteiger partial charge in [0.15, 0.2) is 0 Å². The van der Waals surface area contributed by atoms with Crippen LogP contribution in [0.4, 0.5) is 21.6 Å². The monoisotopic (exact) mass is 890 g/mol. The zero-order valence-electron chi connectivity index (χ0n) is 36.1.